The first-order chi connectivity index (χ1) is 62.9. The molecule has 0 bridgehead atoms. The summed E-state index contributed by atoms with van der Waals surface area (Å²) >= 11 is 0. The number of aliphatic hydroxyl groups excluding tert-OH is 21. The van der Waals surface area contributed by atoms with Gasteiger partial charge < -0.3 is 196 Å². The van der Waals surface area contributed by atoms with Crippen LogP contribution in [0.4, 0.5) is 0 Å². The highest BCUT2D eigenvalue weighted by Crippen LogP contribution is 2.41. The number of methoxy groups -OCH3 is 1. The van der Waals surface area contributed by atoms with Crippen LogP contribution in [0.1, 0.15) is 239 Å². The minimum absolute atomic E-state index is 0.0582. The van der Waals surface area contributed by atoms with Gasteiger partial charge in [0, 0.05) is 26.4 Å². The lowest BCUT2D eigenvalue weighted by atomic mass is 9.88. The van der Waals surface area contributed by atoms with Gasteiger partial charge in [0.25, 0.3) is 17.4 Å². The normalized spacial score (nSPS) is 31.6. The number of aliphatic carboxylic acids is 3. The molecule has 46 heteroatoms. The third kappa shape index (κ3) is 35.4. The van der Waals surface area contributed by atoms with E-state index in [4.69, 9.17) is 52.1 Å². The van der Waals surface area contributed by atoms with Crippen LogP contribution >= 0.6 is 0 Å². The van der Waals surface area contributed by atoms with Crippen LogP contribution in [0.5, 0.6) is 0 Å². The number of rotatable bonds is 68. The number of nitrogens with one attached hydrogen (secondary N) is 4. The van der Waals surface area contributed by atoms with Crippen molar-refractivity contribution in [3.05, 3.63) is 0 Å². The number of carboxylic acids is 3. The number of carbonyl (C=O) groups excluding carboxylic acids is 4. The molecule has 0 aromatic rings. The molecule has 0 spiro atoms. The van der Waals surface area contributed by atoms with Gasteiger partial charge in [0.15, 0.2) is 12.6 Å². The highest BCUT2D eigenvalue weighted by atomic mass is 16.8. The highest BCUT2D eigenvalue weighted by molar-refractivity contribution is 5.82. The maximum absolute atomic E-state index is 14.1. The fourth-order valence-corrected chi connectivity index (χ4v) is 17.1. The Balaban J connectivity index is 1.27. The van der Waals surface area contributed by atoms with E-state index in [1.807, 2.05) is 0 Å². The van der Waals surface area contributed by atoms with Crippen LogP contribution in [0.15, 0.2) is 0 Å². The van der Waals surface area contributed by atoms with Crippen LogP contribution in [-0.2, 0) is 85.7 Å². The van der Waals surface area contributed by atoms with E-state index in [-0.39, 0.29) is 12.8 Å². The first kappa shape index (κ1) is 118. The van der Waals surface area contributed by atoms with Crippen molar-refractivity contribution < 1.29 is 208 Å². The molecular formula is C86H154N4O42. The van der Waals surface area contributed by atoms with E-state index in [2.05, 4.69) is 35.1 Å². The summed E-state index contributed by atoms with van der Waals surface area (Å²) in [6.45, 7) is -6.67. The molecule has 5 rings (SSSR count). The van der Waals surface area contributed by atoms with E-state index >= 15 is 0 Å². The molecule has 0 aliphatic carbocycles. The molecule has 5 saturated heterocycles. The van der Waals surface area contributed by atoms with E-state index in [1.54, 1.807) is 0 Å². The predicted molar refractivity (Wildman–Crippen MR) is 455 cm³/mol. The number of unbranched alkanes of at least 4 members (excludes halogenated alkanes) is 28. The molecule has 5 heterocycles. The molecule has 28 N–H and O–H groups in total. The maximum Gasteiger partial charge on any atom is 0.364 e. The van der Waals surface area contributed by atoms with Gasteiger partial charge in [-0.1, -0.05) is 206 Å². The number of aliphatic hydroxyl groups is 21. The molecule has 5 fully saturated rings. The first-order valence-corrected chi connectivity index (χ1v) is 46.8. The largest absolute Gasteiger partial charge is 0.477 e. The Kier molecular flexibility index (Phi) is 54.1. The Morgan fingerprint density at radius 2 is 0.780 bits per heavy atom. The number of carbonyl (C=O) groups is 7. The average molecular weight is 1920 g/mol. The van der Waals surface area contributed by atoms with Crippen molar-refractivity contribution in [1.82, 2.24) is 21.3 Å². The predicted octanol–water partition coefficient (Wildman–Crippen LogP) is -5.19. The van der Waals surface area contributed by atoms with Crippen molar-refractivity contribution in [2.75, 3.05) is 66.6 Å². The molecular weight excluding hydrogens is 1760 g/mol. The summed E-state index contributed by atoms with van der Waals surface area (Å²) in [6.07, 6.45) is -25.2. The van der Waals surface area contributed by atoms with Gasteiger partial charge in [0.1, 0.15) is 136 Å². The zero-order valence-electron chi connectivity index (χ0n) is 75.9. The fourth-order valence-electron chi connectivity index (χ4n) is 17.1. The second kappa shape index (κ2) is 60.8. The van der Waals surface area contributed by atoms with Gasteiger partial charge >= 0.3 is 17.9 Å². The topological polar surface area (TPSA) is 755 Å². The lowest BCUT2D eigenvalue weighted by Crippen LogP contribution is -2.71. The van der Waals surface area contributed by atoms with Gasteiger partial charge in [-0.3, -0.25) is 19.2 Å². The Morgan fingerprint density at radius 3 is 1.16 bits per heavy atom. The van der Waals surface area contributed by atoms with Crippen LogP contribution < -0.4 is 21.3 Å². The summed E-state index contributed by atoms with van der Waals surface area (Å²) in [6, 6.07) is -7.65. The molecule has 4 amide bonds. The zero-order valence-corrected chi connectivity index (χ0v) is 75.9. The summed E-state index contributed by atoms with van der Waals surface area (Å²) in [5.41, 5.74) is 0. The van der Waals surface area contributed by atoms with Crippen LogP contribution in [0, 0.1) is 0 Å². The standard InChI is InChI=1S/C86H154N4O42/c1-4-6-8-10-12-14-16-18-19-20-21-22-23-25-27-29-31-33-35-50(98)78(115)87-48(65(107)49(97)34-32-30-28-26-24-17-15-13-11-9-7-5-2)45-123-79-71(113)70(112)73(58(43-95)127-79)128-80-72(114)77(69(111)57(42-94)126-80)132-86(83(120)121)38-53(101)63(75(131-86)67(109)55(103)40-92)90-61(106)46-124-84(81(116)117)36-51(99)62(74(129-84)66(108)54(102)39-91)89-60(105)47-125-85(82(118)119)37-52(100)64(88-59(104)44-96)76(130-85)68(110)56(41-93)122-3/h48-58,62-77,79-80,91-103,107-114H,4-47H2,1-3H3,(H,87,115)(H,88,104)(H,89,105)(H,90,106)(H,116,117)(H,118,119)(H,120,121)/t48-,49+,50+,51-,52-,53-,54+,55+,56+,57+,58+,62+,63+,64+,65-,66+,67+,68+,69-,70+,71+,72+,73+,74+,75+,76+,77-,79+,80-,84+,85+,86-/m0/s1. The Morgan fingerprint density at radius 1 is 0.409 bits per heavy atom. The van der Waals surface area contributed by atoms with Gasteiger partial charge in [-0.2, -0.15) is 0 Å². The molecule has 132 heavy (non-hydrogen) atoms. The van der Waals surface area contributed by atoms with E-state index in [1.165, 1.54) is 109 Å². The molecule has 0 saturated carbocycles. The molecule has 46 nitrogen and oxygen atoms in total. The molecule has 5 aliphatic heterocycles. The quantitative estimate of drug-likeness (QED) is 0.0253. The summed E-state index contributed by atoms with van der Waals surface area (Å²) in [7, 11) is 1.00. The van der Waals surface area contributed by atoms with Crippen molar-refractivity contribution in [3.8, 4) is 0 Å². The maximum atomic E-state index is 14.1. The van der Waals surface area contributed by atoms with Gasteiger partial charge in [-0.25, -0.2) is 14.4 Å². The second-order valence-electron chi connectivity index (χ2n) is 35.3. The zero-order chi connectivity index (χ0) is 98.0. The molecule has 0 radical (unpaired) electrons. The van der Waals surface area contributed by atoms with E-state index in [0.717, 1.165) is 77.7 Å². The minimum atomic E-state index is -3.51. The van der Waals surface area contributed by atoms with Gasteiger partial charge in [0.05, 0.1) is 88.2 Å². The molecule has 0 unspecified atom stereocenters. The Hall–Kier alpha value is -4.99. The monoisotopic (exact) mass is 1920 g/mol. The minimum Gasteiger partial charge on any atom is -0.477 e. The number of ether oxygens (including phenoxy) is 11. The van der Waals surface area contributed by atoms with Crippen molar-refractivity contribution in [2.24, 2.45) is 0 Å². The fraction of sp³-hybridized carbons (Fsp3) is 0.919. The van der Waals surface area contributed by atoms with Crippen LogP contribution in [0.25, 0.3) is 0 Å². The van der Waals surface area contributed by atoms with Crippen molar-refractivity contribution in [1.29, 1.82) is 0 Å². The van der Waals surface area contributed by atoms with Crippen LogP contribution in [0.2, 0.25) is 0 Å². The molecule has 0 aromatic carbocycles. The molecule has 5 aliphatic rings. The van der Waals surface area contributed by atoms with Crippen LogP contribution in [-0.4, -0.2) is 425 Å². The van der Waals surface area contributed by atoms with Crippen molar-refractivity contribution >= 4 is 41.5 Å². The smallest absolute Gasteiger partial charge is 0.364 e. The molecule has 770 valence electrons. The van der Waals surface area contributed by atoms with Crippen LogP contribution in [0.3, 0.4) is 0 Å². The first-order valence-electron chi connectivity index (χ1n) is 46.8. The summed E-state index contributed by atoms with van der Waals surface area (Å²) in [5, 5.41) is 273. The van der Waals surface area contributed by atoms with Gasteiger partial charge in [-0.15, -0.1) is 0 Å². The number of carboxylic acid groups (broad SMARTS) is 3. The Labute approximate surface area is 767 Å². The average Bonchev–Trinajstić information content (AvgIpc) is 0.755. The second-order valence-corrected chi connectivity index (χ2v) is 35.3. The highest BCUT2D eigenvalue weighted by Gasteiger charge is 2.63. The summed E-state index contributed by atoms with van der Waals surface area (Å²) in [5.74, 6) is -21.8. The number of hydrogen-bond donors (Lipinski definition) is 28. The third-order valence-corrected chi connectivity index (χ3v) is 25.1. The molecule has 32 atom stereocenters. The third-order valence-electron chi connectivity index (χ3n) is 25.1. The van der Waals surface area contributed by atoms with Crippen molar-refractivity contribution in [3.63, 3.8) is 0 Å². The lowest BCUT2D eigenvalue weighted by molar-refractivity contribution is -0.386. The number of hydrogen-bond acceptors (Lipinski definition) is 39. The molecule has 0 aromatic heterocycles. The SMILES string of the molecule is CCCCCCCCCCCCCCCCCCCC[C@@H](O)C(=O)N[C@@H](CO[C@@H]1O[C@H](CO)[C@@H](O[C@@H]2O[C@H](CO)[C@H](O)[C@H](O[C@]3(C(=O)O)C[C@H](O)[C@@H](NC(=O)CO[C@]4(C(=O)O)C[C@H](O)[C@@H](NC(=O)CO[C@]5(C(=O)O)C[C@H](O)[C@@H](NC(=O)CO)[C@H]([C@H](O)[C@@H](CO)OC)O5)[C@H]([C@H](O)[C@H](O)CO)O4)[C@H]([C@H](O)[C@H](O)CO)O3)[C@H]2O)[C@H](O)[C@H]1O)[C@H](O)[C@H](O)CCCCCCCCCCCCCC. The van der Waals surface area contributed by atoms with E-state index in [9.17, 15) is 156 Å². The Bertz CT molecular complexity index is 3280. The summed E-state index contributed by atoms with van der Waals surface area (Å²) < 4.78 is 61.8. The van der Waals surface area contributed by atoms with E-state index < -0.39 is 315 Å². The van der Waals surface area contributed by atoms with Crippen molar-refractivity contribution in [2.45, 2.75) is 433 Å². The van der Waals surface area contributed by atoms with Gasteiger partial charge in [-0.05, 0) is 12.8 Å². The summed E-state index contributed by atoms with van der Waals surface area (Å²) in [4.78, 5) is 93.5. The van der Waals surface area contributed by atoms with Gasteiger partial charge in [0.2, 0.25) is 23.6 Å². The lowest BCUT2D eigenvalue weighted by Gasteiger charge is -2.50. The number of amides is 4. The van der Waals surface area contributed by atoms with E-state index in [0.29, 0.717) is 12.8 Å².